The number of benzene rings is 1. The molecule has 0 fully saturated rings. The zero-order chi connectivity index (χ0) is 15.8. The second-order valence-electron chi connectivity index (χ2n) is 4.61. The molecule has 0 aliphatic carbocycles. The van der Waals surface area contributed by atoms with E-state index in [9.17, 15) is 22.0 Å². The van der Waals surface area contributed by atoms with Gasteiger partial charge in [-0.2, -0.15) is 0 Å². The van der Waals surface area contributed by atoms with Crippen LogP contribution in [0.3, 0.4) is 0 Å². The van der Waals surface area contributed by atoms with Gasteiger partial charge in [-0.05, 0) is 18.2 Å². The minimum atomic E-state index is -3.94. The maximum Gasteiger partial charge on any atom is 0.261 e. The molecule has 0 spiro atoms. The third kappa shape index (κ3) is 3.44. The first-order chi connectivity index (χ1) is 9.70. The van der Waals surface area contributed by atoms with Crippen molar-refractivity contribution in [2.24, 2.45) is 0 Å². The van der Waals surface area contributed by atoms with Gasteiger partial charge in [-0.3, -0.25) is 4.79 Å². The molecule has 5 nitrogen and oxygen atoms in total. The van der Waals surface area contributed by atoms with E-state index in [0.29, 0.717) is 11.3 Å². The summed E-state index contributed by atoms with van der Waals surface area (Å²) in [7, 11) is 2.57. The van der Waals surface area contributed by atoms with E-state index in [1.54, 1.807) is 0 Å². The number of rotatable bonds is 4. The zero-order valence-electron chi connectivity index (χ0n) is 10.9. The Morgan fingerprint density at radius 3 is 2.76 bits per heavy atom. The van der Waals surface area contributed by atoms with Gasteiger partial charge in [0.1, 0.15) is 18.3 Å². The summed E-state index contributed by atoms with van der Waals surface area (Å²) in [6, 6.07) is 3.89. The molecule has 0 N–H and O–H groups in total. The lowest BCUT2D eigenvalue weighted by molar-refractivity contribution is -0.133. The Kier molecular flexibility index (Phi) is 4.38. The number of fused-ring (bicyclic) bond motifs is 1. The number of alkyl halides is 2. The van der Waals surface area contributed by atoms with E-state index in [4.69, 9.17) is 15.4 Å². The highest BCUT2D eigenvalue weighted by molar-refractivity contribution is 8.13. The third-order valence-electron chi connectivity index (χ3n) is 3.13. The normalized spacial score (nSPS) is 17.5. The Hall–Kier alpha value is -1.41. The lowest BCUT2D eigenvalue weighted by atomic mass is 10.00. The van der Waals surface area contributed by atoms with Crippen LogP contribution >= 0.6 is 10.7 Å². The van der Waals surface area contributed by atoms with Crippen LogP contribution in [0.15, 0.2) is 23.1 Å². The molecule has 1 amide bonds. The largest absolute Gasteiger partial charge is 0.492 e. The number of likely N-dealkylation sites (N-methyl/N-ethyl adjacent to an activating group) is 1. The fourth-order valence-electron chi connectivity index (χ4n) is 2.11. The zero-order valence-corrected chi connectivity index (χ0v) is 12.5. The number of halogens is 3. The van der Waals surface area contributed by atoms with Gasteiger partial charge in [0, 0.05) is 23.3 Å². The summed E-state index contributed by atoms with van der Waals surface area (Å²) in [6.45, 7) is -0.717. The van der Waals surface area contributed by atoms with E-state index in [0.717, 1.165) is 4.90 Å². The van der Waals surface area contributed by atoms with Crippen LogP contribution in [0.25, 0.3) is 0 Å². The van der Waals surface area contributed by atoms with Crippen molar-refractivity contribution >= 4 is 25.6 Å². The molecule has 0 aromatic heterocycles. The SMILES string of the molecule is CN(CC(F)F)C(=O)C1COc2ccc(S(=O)(=O)Cl)cc21. The summed E-state index contributed by atoms with van der Waals surface area (Å²) in [6.07, 6.45) is -2.64. The van der Waals surface area contributed by atoms with E-state index < -0.39 is 33.8 Å². The minimum Gasteiger partial charge on any atom is -0.492 e. The third-order valence-corrected chi connectivity index (χ3v) is 4.48. The number of hydrogen-bond acceptors (Lipinski definition) is 4. The second-order valence-corrected chi connectivity index (χ2v) is 7.18. The van der Waals surface area contributed by atoms with E-state index >= 15 is 0 Å². The molecule has 1 unspecified atom stereocenters. The number of nitrogens with zero attached hydrogens (tertiary/aromatic N) is 1. The first-order valence-electron chi connectivity index (χ1n) is 5.94. The average Bonchev–Trinajstić information content (AvgIpc) is 2.78. The van der Waals surface area contributed by atoms with Crippen molar-refractivity contribution in [3.05, 3.63) is 23.8 Å². The molecular formula is C12H12ClF2NO4S. The van der Waals surface area contributed by atoms with Gasteiger partial charge in [-0.15, -0.1) is 0 Å². The van der Waals surface area contributed by atoms with E-state index in [1.165, 1.54) is 25.2 Å². The van der Waals surface area contributed by atoms with Gasteiger partial charge in [0.15, 0.2) is 0 Å². The Morgan fingerprint density at radius 2 is 2.19 bits per heavy atom. The van der Waals surface area contributed by atoms with Crippen molar-refractivity contribution in [2.75, 3.05) is 20.2 Å². The number of carbonyl (C=O) groups excluding carboxylic acids is 1. The van der Waals surface area contributed by atoms with Crippen LogP contribution < -0.4 is 4.74 Å². The van der Waals surface area contributed by atoms with Crippen LogP contribution in [0.5, 0.6) is 5.75 Å². The van der Waals surface area contributed by atoms with Crippen LogP contribution in [-0.2, 0) is 13.8 Å². The monoisotopic (exact) mass is 339 g/mol. The Morgan fingerprint density at radius 1 is 1.52 bits per heavy atom. The smallest absolute Gasteiger partial charge is 0.261 e. The predicted molar refractivity (Wildman–Crippen MR) is 71.4 cm³/mol. The lowest BCUT2D eigenvalue weighted by Gasteiger charge is -2.20. The first kappa shape index (κ1) is 16.0. The van der Waals surface area contributed by atoms with Crippen molar-refractivity contribution < 1.29 is 26.7 Å². The van der Waals surface area contributed by atoms with Crippen LogP contribution in [0.4, 0.5) is 8.78 Å². The van der Waals surface area contributed by atoms with Gasteiger partial charge >= 0.3 is 0 Å². The fraction of sp³-hybridized carbons (Fsp3) is 0.417. The summed E-state index contributed by atoms with van der Waals surface area (Å²) in [5, 5.41) is 0. The molecule has 116 valence electrons. The number of hydrogen-bond donors (Lipinski definition) is 0. The van der Waals surface area contributed by atoms with Gasteiger partial charge in [-0.25, -0.2) is 17.2 Å². The van der Waals surface area contributed by atoms with Gasteiger partial charge in [0.25, 0.3) is 15.5 Å². The van der Waals surface area contributed by atoms with Crippen LogP contribution in [0.2, 0.25) is 0 Å². The Labute approximate surface area is 124 Å². The van der Waals surface area contributed by atoms with Crippen molar-refractivity contribution in [2.45, 2.75) is 17.2 Å². The standard InChI is InChI=1S/C12H12ClF2NO4S/c1-16(5-11(14)15)12(17)9-6-20-10-3-2-7(4-8(9)10)21(13,18)19/h2-4,9,11H,5-6H2,1H3. The maximum absolute atomic E-state index is 12.3. The molecule has 9 heteroatoms. The average molecular weight is 340 g/mol. The molecule has 1 aromatic rings. The molecule has 21 heavy (non-hydrogen) atoms. The van der Waals surface area contributed by atoms with E-state index in [1.807, 2.05) is 0 Å². The molecule has 1 heterocycles. The minimum absolute atomic E-state index is 0.0203. The molecule has 1 aromatic carbocycles. The molecule has 1 aliphatic rings. The Bertz CT molecular complexity index is 665. The van der Waals surface area contributed by atoms with Crippen LogP contribution in [-0.4, -0.2) is 45.8 Å². The van der Waals surface area contributed by atoms with E-state index in [-0.39, 0.29) is 11.5 Å². The summed E-state index contributed by atoms with van der Waals surface area (Å²) in [5.41, 5.74) is 0.336. The Balaban J connectivity index is 2.30. The molecule has 0 bridgehead atoms. The molecule has 0 saturated carbocycles. The summed E-state index contributed by atoms with van der Waals surface area (Å²) in [4.78, 5) is 12.9. The molecular weight excluding hydrogens is 328 g/mol. The number of ether oxygens (including phenoxy) is 1. The topological polar surface area (TPSA) is 63.7 Å². The predicted octanol–water partition coefficient (Wildman–Crippen LogP) is 1.81. The second kappa shape index (κ2) is 5.76. The first-order valence-corrected chi connectivity index (χ1v) is 8.25. The van der Waals surface area contributed by atoms with Gasteiger partial charge < -0.3 is 9.64 Å². The lowest BCUT2D eigenvalue weighted by Crippen LogP contribution is -2.35. The number of amides is 1. The van der Waals surface area contributed by atoms with Gasteiger partial charge in [-0.1, -0.05) is 0 Å². The van der Waals surface area contributed by atoms with Crippen LogP contribution in [0.1, 0.15) is 11.5 Å². The summed E-state index contributed by atoms with van der Waals surface area (Å²) in [5.74, 6) is -1.02. The van der Waals surface area contributed by atoms with Crippen molar-refractivity contribution in [3.63, 3.8) is 0 Å². The molecule has 0 saturated heterocycles. The summed E-state index contributed by atoms with van der Waals surface area (Å²) < 4.78 is 52.6. The highest BCUT2D eigenvalue weighted by Crippen LogP contribution is 2.37. The molecule has 0 radical (unpaired) electrons. The maximum atomic E-state index is 12.3. The highest BCUT2D eigenvalue weighted by Gasteiger charge is 2.34. The van der Waals surface area contributed by atoms with Crippen molar-refractivity contribution in [1.29, 1.82) is 0 Å². The molecule has 2 rings (SSSR count). The van der Waals surface area contributed by atoms with Gasteiger partial charge in [0.05, 0.1) is 11.4 Å². The van der Waals surface area contributed by atoms with Crippen molar-refractivity contribution in [1.82, 2.24) is 4.90 Å². The number of carbonyl (C=O) groups is 1. The molecule has 1 aliphatic heterocycles. The molecule has 1 atom stereocenters. The van der Waals surface area contributed by atoms with Crippen molar-refractivity contribution in [3.8, 4) is 5.75 Å². The fourth-order valence-corrected chi connectivity index (χ4v) is 2.90. The highest BCUT2D eigenvalue weighted by atomic mass is 35.7. The summed E-state index contributed by atoms with van der Waals surface area (Å²) >= 11 is 0. The van der Waals surface area contributed by atoms with E-state index in [2.05, 4.69) is 0 Å². The van der Waals surface area contributed by atoms with Gasteiger partial charge in [0.2, 0.25) is 5.91 Å². The van der Waals surface area contributed by atoms with Crippen LogP contribution in [0, 0.1) is 0 Å². The quantitative estimate of drug-likeness (QED) is 0.785.